The molecule has 1 aliphatic carbocycles. The first-order valence-corrected chi connectivity index (χ1v) is 34.7. The quantitative estimate of drug-likeness (QED) is 0.0747. The Morgan fingerprint density at radius 3 is 1.40 bits per heavy atom. The summed E-state index contributed by atoms with van der Waals surface area (Å²) in [6.07, 6.45) is 8.57. The molecule has 2 aromatic heterocycles. The second kappa shape index (κ2) is 24.4. The van der Waals surface area contributed by atoms with E-state index in [4.69, 9.17) is 9.47 Å². The fourth-order valence-electron chi connectivity index (χ4n) is 15.2. The van der Waals surface area contributed by atoms with Gasteiger partial charge in [0.15, 0.2) is 0 Å². The monoisotopic (exact) mass is 1250 g/mol. The molecule has 0 aliphatic heterocycles. The molecule has 0 bridgehead atoms. The van der Waals surface area contributed by atoms with Crippen LogP contribution in [0.2, 0.25) is 0 Å². The third-order valence-corrected chi connectivity index (χ3v) is 19.8. The van der Waals surface area contributed by atoms with E-state index in [-0.39, 0.29) is 55.7 Å². The van der Waals surface area contributed by atoms with Crippen LogP contribution in [0.4, 0.5) is 0 Å². The largest absolute Gasteiger partial charge is 0.505 e. The molecule has 0 saturated carbocycles. The molecular weight excluding hydrogens is 1140 g/mol. The van der Waals surface area contributed by atoms with E-state index in [9.17, 15) is 10.2 Å². The molecule has 2 atom stereocenters. The Balaban J connectivity index is 1.10. The van der Waals surface area contributed by atoms with Gasteiger partial charge in [-0.1, -0.05) is 227 Å². The summed E-state index contributed by atoms with van der Waals surface area (Å²) in [6.45, 7) is 55.5. The van der Waals surface area contributed by atoms with Gasteiger partial charge in [-0.05, 0) is 198 Å². The molecule has 10 rings (SSSR count). The van der Waals surface area contributed by atoms with E-state index in [1.54, 1.807) is 0 Å². The Morgan fingerprint density at radius 1 is 0.462 bits per heavy atom. The molecule has 0 amide bonds. The number of aliphatic hydroxyl groups is 1. The van der Waals surface area contributed by atoms with Gasteiger partial charge in [-0.15, -0.1) is 0 Å². The van der Waals surface area contributed by atoms with Crippen LogP contribution in [-0.2, 0) is 44.7 Å². The van der Waals surface area contributed by atoms with Crippen molar-refractivity contribution in [3.63, 3.8) is 0 Å². The van der Waals surface area contributed by atoms with Crippen LogP contribution in [0.25, 0.3) is 66.0 Å². The number of aromatic hydroxyl groups is 1. The second-order valence-electron chi connectivity index (χ2n) is 35.4. The molecule has 7 aromatic carbocycles. The van der Waals surface area contributed by atoms with Crippen LogP contribution in [0.3, 0.4) is 0 Å². The van der Waals surface area contributed by atoms with E-state index in [2.05, 4.69) is 315 Å². The Hall–Kier alpha value is -6.86. The summed E-state index contributed by atoms with van der Waals surface area (Å²) in [5, 5.41) is 32.4. The number of hydrogen-bond acceptors (Lipinski definition) is 4. The van der Waals surface area contributed by atoms with Crippen molar-refractivity contribution in [2.24, 2.45) is 16.2 Å². The lowest BCUT2D eigenvalue weighted by atomic mass is 9.68. The molecule has 9 aromatic rings. The van der Waals surface area contributed by atoms with Crippen LogP contribution < -0.4 is 4.74 Å². The van der Waals surface area contributed by atoms with Gasteiger partial charge in [0.25, 0.3) is 0 Å². The maximum Gasteiger partial charge on any atom is 0.218 e. The molecule has 0 radical (unpaired) electrons. The minimum atomic E-state index is -1.83. The molecule has 1 aliphatic rings. The standard InChI is InChI=1S/C87H112N2O4/c1-25-55-29-27-30-57(43-55)70-50-63(86(23,24)54-80(6,7)8)52-77(89-73-38-34-60(83(15,16)17)47-66(73)67-48-61(84(18,19)20)35-39-74(67)89)87(70,91)93-42-28-41-92-76-40-31-56(26-2)44-68(76)69-49-62(85(21,22)53-79(3,4)5)51-75(78(69)90)88-71-36-32-58(81(9,10)11)45-64(71)65-46-59(82(12,13)14)33-37-72(65)88/h27,29-40,43-52,77,90-91H,25-26,28,41-42,53-54H2,1-24H3. The number of nitrogens with zero attached hydrogens (tertiary/aromatic N) is 2. The smallest absolute Gasteiger partial charge is 0.218 e. The molecule has 2 N–H and O–H groups in total. The van der Waals surface area contributed by atoms with Crippen LogP contribution in [0.15, 0.2) is 145 Å². The third-order valence-electron chi connectivity index (χ3n) is 19.8. The minimum Gasteiger partial charge on any atom is -0.505 e. The number of aryl methyl sites for hydroxylation is 2. The van der Waals surface area contributed by atoms with Gasteiger partial charge in [0, 0.05) is 55.7 Å². The zero-order chi connectivity index (χ0) is 68.1. The minimum absolute atomic E-state index is 0.0256. The van der Waals surface area contributed by atoms with E-state index >= 15 is 0 Å². The molecule has 6 nitrogen and oxygen atoms in total. The predicted octanol–water partition coefficient (Wildman–Crippen LogP) is 23.5. The summed E-state index contributed by atoms with van der Waals surface area (Å²) < 4.78 is 19.1. The third kappa shape index (κ3) is 14.0. The van der Waals surface area contributed by atoms with Crippen molar-refractivity contribution in [2.45, 2.75) is 237 Å². The molecule has 494 valence electrons. The van der Waals surface area contributed by atoms with Crippen molar-refractivity contribution in [3.8, 4) is 28.3 Å². The van der Waals surface area contributed by atoms with Crippen LogP contribution in [0.5, 0.6) is 11.5 Å². The molecule has 0 saturated heterocycles. The molecule has 2 heterocycles. The van der Waals surface area contributed by atoms with Crippen LogP contribution in [0, 0.1) is 16.2 Å². The van der Waals surface area contributed by atoms with Gasteiger partial charge in [0.1, 0.15) is 17.5 Å². The van der Waals surface area contributed by atoms with Crippen molar-refractivity contribution in [3.05, 3.63) is 190 Å². The molecule has 6 heteroatoms. The predicted molar refractivity (Wildman–Crippen MR) is 398 cm³/mol. The Labute approximate surface area is 559 Å². The number of phenolic OH excluding ortho intramolecular Hbond substituents is 1. The van der Waals surface area contributed by atoms with Crippen molar-refractivity contribution < 1.29 is 19.7 Å². The summed E-state index contributed by atoms with van der Waals surface area (Å²) in [5.74, 6) is -0.945. The van der Waals surface area contributed by atoms with Gasteiger partial charge < -0.3 is 28.8 Å². The number of benzene rings is 7. The van der Waals surface area contributed by atoms with Crippen LogP contribution >= 0.6 is 0 Å². The van der Waals surface area contributed by atoms with Gasteiger partial charge in [0.2, 0.25) is 5.79 Å². The Kier molecular flexibility index (Phi) is 18.1. The summed E-state index contributed by atoms with van der Waals surface area (Å²) in [7, 11) is 0. The number of fused-ring (bicyclic) bond motifs is 6. The highest BCUT2D eigenvalue weighted by atomic mass is 16.6. The Morgan fingerprint density at radius 2 is 0.925 bits per heavy atom. The number of aromatic nitrogens is 2. The number of hydrogen-bond donors (Lipinski definition) is 2. The van der Waals surface area contributed by atoms with Crippen molar-refractivity contribution in [2.75, 3.05) is 13.2 Å². The fraction of sp³-hybridized carbons (Fsp3) is 0.471. The molecular formula is C87H112N2O4. The van der Waals surface area contributed by atoms with Gasteiger partial charge >= 0.3 is 0 Å². The first kappa shape index (κ1) is 69.0. The summed E-state index contributed by atoms with van der Waals surface area (Å²) in [4.78, 5) is 0. The lowest BCUT2D eigenvalue weighted by Gasteiger charge is -2.44. The first-order valence-electron chi connectivity index (χ1n) is 34.7. The lowest BCUT2D eigenvalue weighted by Crippen LogP contribution is -2.45. The van der Waals surface area contributed by atoms with Gasteiger partial charge in [0.05, 0.1) is 29.9 Å². The number of rotatable bonds is 16. The first-order chi connectivity index (χ1) is 43.0. The average molecular weight is 1250 g/mol. The fourth-order valence-corrected chi connectivity index (χ4v) is 15.2. The SMILES string of the molecule is CCc1cccc(C2=CC(C(C)(C)CC(C)(C)C)=CC(n3c4ccc(C(C)(C)C)cc4c4cc(C(C)(C)C)ccc43)C2(O)OCCCOc2ccc(CC)cc2-c2cc(C(C)(C)CC(C)(C)C)cc(-n3c4ccc(C(C)(C)C)cc4c4cc(C(C)(C)C)ccc43)c2O)c1. The average Bonchev–Trinajstić information content (AvgIpc) is 1.63. The normalized spacial score (nSPS) is 16.7. The zero-order valence-corrected chi connectivity index (χ0v) is 61.4. The van der Waals surface area contributed by atoms with Crippen molar-refractivity contribution in [1.82, 2.24) is 9.13 Å². The maximum atomic E-state index is 14.3. The lowest BCUT2D eigenvalue weighted by molar-refractivity contribution is -0.179. The van der Waals surface area contributed by atoms with Crippen molar-refractivity contribution in [1.29, 1.82) is 0 Å². The second-order valence-corrected chi connectivity index (χ2v) is 35.4. The highest BCUT2D eigenvalue weighted by molar-refractivity contribution is 6.11. The van der Waals surface area contributed by atoms with Crippen LogP contribution in [0.1, 0.15) is 236 Å². The van der Waals surface area contributed by atoms with Crippen LogP contribution in [-0.4, -0.2) is 38.3 Å². The van der Waals surface area contributed by atoms with E-state index in [1.165, 1.54) is 44.2 Å². The summed E-state index contributed by atoms with van der Waals surface area (Å²) in [6, 6.07) is 46.6. The number of ether oxygens (including phenoxy) is 2. The molecule has 2 unspecified atom stereocenters. The summed E-state index contributed by atoms with van der Waals surface area (Å²) >= 11 is 0. The number of phenols is 1. The van der Waals surface area contributed by atoms with E-state index in [0.717, 1.165) is 97.6 Å². The number of allylic oxidation sites excluding steroid dienone is 2. The summed E-state index contributed by atoms with van der Waals surface area (Å²) in [5.41, 5.74) is 17.1. The van der Waals surface area contributed by atoms with E-state index in [1.807, 2.05) is 0 Å². The van der Waals surface area contributed by atoms with Gasteiger partial charge in [-0.25, -0.2) is 0 Å². The highest BCUT2D eigenvalue weighted by Gasteiger charge is 2.48. The molecule has 93 heavy (non-hydrogen) atoms. The molecule has 0 fully saturated rings. The Bertz CT molecular complexity index is 4210. The van der Waals surface area contributed by atoms with E-state index in [0.29, 0.717) is 18.8 Å². The highest BCUT2D eigenvalue weighted by Crippen LogP contribution is 2.53. The van der Waals surface area contributed by atoms with E-state index < -0.39 is 11.8 Å². The van der Waals surface area contributed by atoms with Gasteiger partial charge in [-0.3, -0.25) is 0 Å². The molecule has 0 spiro atoms. The van der Waals surface area contributed by atoms with Gasteiger partial charge in [-0.2, -0.15) is 0 Å². The zero-order valence-electron chi connectivity index (χ0n) is 61.4. The topological polar surface area (TPSA) is 68.8 Å². The van der Waals surface area contributed by atoms with Crippen molar-refractivity contribution >= 4 is 49.2 Å². The maximum absolute atomic E-state index is 14.3.